The summed E-state index contributed by atoms with van der Waals surface area (Å²) in [6, 6.07) is 7.39. The Balaban J connectivity index is 1.65. The average Bonchev–Trinajstić information content (AvgIpc) is 3.12. The maximum Gasteiger partial charge on any atom is 0.193 e. The minimum absolute atomic E-state index is 0.0919. The van der Waals surface area contributed by atoms with Gasteiger partial charge in [-0.1, -0.05) is 18.2 Å². The second-order valence-electron chi connectivity index (χ2n) is 5.09. The fourth-order valence-electron chi connectivity index (χ4n) is 2.52. The Morgan fingerprint density at radius 1 is 1.39 bits per heavy atom. The molecule has 3 nitrogen and oxygen atoms in total. The number of hydrogen-bond donors (Lipinski definition) is 1. The summed E-state index contributed by atoms with van der Waals surface area (Å²) in [4.78, 5) is 6.62. The highest BCUT2D eigenvalue weighted by atomic mass is 19.1. The molecule has 0 bridgehead atoms. The van der Waals surface area contributed by atoms with Crippen LogP contribution in [0.3, 0.4) is 0 Å². The van der Waals surface area contributed by atoms with E-state index < -0.39 is 0 Å². The third-order valence-corrected chi connectivity index (χ3v) is 3.68. The van der Waals surface area contributed by atoms with Gasteiger partial charge in [-0.3, -0.25) is 4.99 Å². The first-order valence-electron chi connectivity index (χ1n) is 6.52. The van der Waals surface area contributed by atoms with E-state index in [0.29, 0.717) is 12.0 Å². The Labute approximate surface area is 107 Å². The number of nitrogens with zero attached hydrogens (tertiary/aromatic N) is 2. The summed E-state index contributed by atoms with van der Waals surface area (Å²) >= 11 is 0. The molecule has 0 radical (unpaired) electrons. The Morgan fingerprint density at radius 2 is 2.22 bits per heavy atom. The first-order valence-corrected chi connectivity index (χ1v) is 6.52. The molecule has 1 N–H and O–H groups in total. The molecule has 1 aliphatic carbocycles. The smallest absolute Gasteiger partial charge is 0.193 e. The van der Waals surface area contributed by atoms with Gasteiger partial charge in [0.15, 0.2) is 5.96 Å². The van der Waals surface area contributed by atoms with Crippen LogP contribution in [0.1, 0.15) is 24.3 Å². The molecule has 4 heteroatoms. The molecule has 0 spiro atoms. The topological polar surface area (TPSA) is 27.6 Å². The van der Waals surface area contributed by atoms with Crippen LogP contribution in [0.5, 0.6) is 0 Å². The van der Waals surface area contributed by atoms with Crippen molar-refractivity contribution in [2.24, 2.45) is 4.99 Å². The summed E-state index contributed by atoms with van der Waals surface area (Å²) < 4.78 is 13.6. The normalized spacial score (nSPS) is 26.8. The van der Waals surface area contributed by atoms with E-state index in [-0.39, 0.29) is 5.82 Å². The number of halogens is 1. The highest BCUT2D eigenvalue weighted by Crippen LogP contribution is 2.41. The number of hydrogen-bond acceptors (Lipinski definition) is 3. The van der Waals surface area contributed by atoms with Crippen LogP contribution in [0, 0.1) is 5.82 Å². The quantitative estimate of drug-likeness (QED) is 0.865. The fraction of sp³-hybridized carbons (Fsp3) is 0.500. The van der Waals surface area contributed by atoms with Gasteiger partial charge in [0.2, 0.25) is 0 Å². The van der Waals surface area contributed by atoms with Crippen molar-refractivity contribution in [3.05, 3.63) is 35.6 Å². The molecule has 96 valence electrons. The van der Waals surface area contributed by atoms with Crippen LogP contribution in [0.4, 0.5) is 4.39 Å². The lowest BCUT2D eigenvalue weighted by molar-refractivity contribution is 0.445. The Hall–Kier alpha value is -1.58. The lowest BCUT2D eigenvalue weighted by Gasteiger charge is -2.25. The zero-order valence-electron chi connectivity index (χ0n) is 10.6. The predicted octanol–water partition coefficient (Wildman–Crippen LogP) is 1.96. The molecule has 2 aliphatic rings. The van der Waals surface area contributed by atoms with Crippen molar-refractivity contribution in [2.75, 3.05) is 20.1 Å². The zero-order valence-corrected chi connectivity index (χ0v) is 10.6. The molecule has 0 unspecified atom stereocenters. The van der Waals surface area contributed by atoms with E-state index in [4.69, 9.17) is 0 Å². The lowest BCUT2D eigenvalue weighted by atomic mass is 10.1. The summed E-state index contributed by atoms with van der Waals surface area (Å²) in [6.45, 7) is 1.94. The van der Waals surface area contributed by atoms with Crippen LogP contribution < -0.4 is 5.32 Å². The van der Waals surface area contributed by atoms with Crippen LogP contribution in [0.25, 0.3) is 0 Å². The zero-order chi connectivity index (χ0) is 12.5. The summed E-state index contributed by atoms with van der Waals surface area (Å²) in [5.41, 5.74) is 0.828. The second-order valence-corrected chi connectivity index (χ2v) is 5.09. The van der Waals surface area contributed by atoms with E-state index in [9.17, 15) is 4.39 Å². The second kappa shape index (κ2) is 4.59. The molecule has 2 atom stereocenters. The van der Waals surface area contributed by atoms with Crippen molar-refractivity contribution in [3.8, 4) is 0 Å². The molecule has 0 aromatic heterocycles. The van der Waals surface area contributed by atoms with Crippen LogP contribution in [0.15, 0.2) is 29.3 Å². The van der Waals surface area contributed by atoms with E-state index >= 15 is 0 Å². The van der Waals surface area contributed by atoms with E-state index in [1.807, 2.05) is 19.2 Å². The molecule has 1 aliphatic heterocycles. The average molecular weight is 247 g/mol. The highest BCUT2D eigenvalue weighted by molar-refractivity contribution is 5.81. The maximum absolute atomic E-state index is 13.6. The number of guanidine groups is 1. The molecule has 1 saturated carbocycles. The minimum atomic E-state index is -0.0919. The summed E-state index contributed by atoms with van der Waals surface area (Å²) in [6.07, 6.45) is 2.11. The number of rotatable bonds is 2. The highest BCUT2D eigenvalue weighted by Gasteiger charge is 2.41. The molecular formula is C14H18FN3. The molecule has 1 heterocycles. The molecule has 1 aromatic carbocycles. The minimum Gasteiger partial charge on any atom is -0.353 e. The number of aliphatic imine (C=N–C) groups is 1. The third kappa shape index (κ3) is 2.19. The van der Waals surface area contributed by atoms with Crippen LogP contribution >= 0.6 is 0 Å². The monoisotopic (exact) mass is 247 g/mol. The van der Waals surface area contributed by atoms with Gasteiger partial charge in [0.05, 0.1) is 0 Å². The standard InChI is InChI=1S/C14H18FN3/c1-18-8-4-7-16-14(18)17-13-9-11(13)10-5-2-3-6-12(10)15/h2-3,5-6,11,13H,4,7-9H2,1H3,(H,16,17)/t11-,13+/m0/s1. The SMILES string of the molecule is CN1CCCN=C1N[C@@H]1C[C@H]1c1ccccc1F. The first kappa shape index (κ1) is 11.5. The van der Waals surface area contributed by atoms with Gasteiger partial charge >= 0.3 is 0 Å². The molecule has 0 saturated heterocycles. The maximum atomic E-state index is 13.6. The largest absolute Gasteiger partial charge is 0.353 e. The van der Waals surface area contributed by atoms with Gasteiger partial charge in [-0.2, -0.15) is 0 Å². The Morgan fingerprint density at radius 3 is 3.00 bits per heavy atom. The van der Waals surface area contributed by atoms with Crippen LogP contribution in [-0.2, 0) is 0 Å². The van der Waals surface area contributed by atoms with Gasteiger partial charge in [0, 0.05) is 32.1 Å². The van der Waals surface area contributed by atoms with Crippen molar-refractivity contribution < 1.29 is 4.39 Å². The fourth-order valence-corrected chi connectivity index (χ4v) is 2.52. The van der Waals surface area contributed by atoms with Crippen molar-refractivity contribution in [1.82, 2.24) is 10.2 Å². The number of nitrogens with one attached hydrogen (secondary N) is 1. The van der Waals surface area contributed by atoms with Gasteiger partial charge < -0.3 is 10.2 Å². The Bertz CT molecular complexity index is 472. The molecule has 1 aromatic rings. The Kier molecular flexibility index (Phi) is 2.94. The summed E-state index contributed by atoms with van der Waals surface area (Å²) in [7, 11) is 2.05. The molecule has 1 fully saturated rings. The van der Waals surface area contributed by atoms with Crippen molar-refractivity contribution in [2.45, 2.75) is 24.8 Å². The molecule has 3 rings (SSSR count). The van der Waals surface area contributed by atoms with Gasteiger partial charge in [-0.15, -0.1) is 0 Å². The lowest BCUT2D eigenvalue weighted by Crippen LogP contribution is -2.43. The van der Waals surface area contributed by atoms with Crippen molar-refractivity contribution in [3.63, 3.8) is 0 Å². The van der Waals surface area contributed by atoms with Crippen LogP contribution in [-0.4, -0.2) is 37.0 Å². The summed E-state index contributed by atoms with van der Waals surface area (Å²) in [5, 5.41) is 3.43. The summed E-state index contributed by atoms with van der Waals surface area (Å²) in [5.74, 6) is 1.17. The predicted molar refractivity (Wildman–Crippen MR) is 70.2 cm³/mol. The van der Waals surface area contributed by atoms with E-state index in [1.165, 1.54) is 6.07 Å². The molecular weight excluding hydrogens is 229 g/mol. The molecule has 0 amide bonds. The third-order valence-electron chi connectivity index (χ3n) is 3.68. The molecule has 18 heavy (non-hydrogen) atoms. The van der Waals surface area contributed by atoms with Crippen molar-refractivity contribution in [1.29, 1.82) is 0 Å². The van der Waals surface area contributed by atoms with E-state index in [0.717, 1.165) is 37.5 Å². The van der Waals surface area contributed by atoms with Gasteiger partial charge in [0.25, 0.3) is 0 Å². The van der Waals surface area contributed by atoms with Crippen LogP contribution in [0.2, 0.25) is 0 Å². The van der Waals surface area contributed by atoms with Gasteiger partial charge in [0.1, 0.15) is 5.82 Å². The van der Waals surface area contributed by atoms with Gasteiger partial charge in [-0.25, -0.2) is 4.39 Å². The van der Waals surface area contributed by atoms with Crippen molar-refractivity contribution >= 4 is 5.96 Å². The number of benzene rings is 1. The van der Waals surface area contributed by atoms with Gasteiger partial charge in [-0.05, 0) is 24.5 Å². The first-order chi connectivity index (χ1) is 8.75. The van der Waals surface area contributed by atoms with E-state index in [2.05, 4.69) is 15.2 Å². The van der Waals surface area contributed by atoms with E-state index in [1.54, 1.807) is 6.07 Å².